The van der Waals surface area contributed by atoms with Gasteiger partial charge in [-0.05, 0) is 12.1 Å². The zero-order valence-corrected chi connectivity index (χ0v) is 14.1. The normalized spacial score (nSPS) is 14.4. The lowest BCUT2D eigenvalue weighted by Gasteiger charge is -2.15. The summed E-state index contributed by atoms with van der Waals surface area (Å²) in [6, 6.07) is 2.97. The zero-order valence-electron chi connectivity index (χ0n) is 10.3. The molecule has 1 aromatic rings. The molecule has 5 nitrogen and oxygen atoms in total. The number of hydrogen-bond donors (Lipinski definition) is 3. The van der Waals surface area contributed by atoms with E-state index in [1.807, 2.05) is 0 Å². The van der Waals surface area contributed by atoms with Crippen LogP contribution < -0.4 is 16.0 Å². The predicted molar refractivity (Wildman–Crippen MR) is 89.3 cm³/mol. The fraction of sp³-hybridized carbons (Fsp3) is 0.273. The molecule has 3 N–H and O–H groups in total. The summed E-state index contributed by atoms with van der Waals surface area (Å²) >= 11 is 28.7. The van der Waals surface area contributed by atoms with Crippen LogP contribution in [0.3, 0.4) is 0 Å². The van der Waals surface area contributed by atoms with Crippen LogP contribution in [0.1, 0.15) is 0 Å². The summed E-state index contributed by atoms with van der Waals surface area (Å²) < 4.78 is -2.07. The van der Waals surface area contributed by atoms with Gasteiger partial charge in [-0.1, -0.05) is 58.0 Å². The Hall–Kier alpha value is -0.590. The fourth-order valence-electron chi connectivity index (χ4n) is 1.57. The van der Waals surface area contributed by atoms with Gasteiger partial charge in [-0.3, -0.25) is 9.79 Å². The number of carbonyl (C=O) groups excluding carboxylic acids is 1. The van der Waals surface area contributed by atoms with Gasteiger partial charge >= 0.3 is 0 Å². The topological polar surface area (TPSA) is 65.5 Å². The van der Waals surface area contributed by atoms with E-state index in [0.29, 0.717) is 33.9 Å². The van der Waals surface area contributed by atoms with Gasteiger partial charge < -0.3 is 16.0 Å². The Labute approximate surface area is 145 Å². The highest BCUT2D eigenvalue weighted by molar-refractivity contribution is 6.76. The van der Waals surface area contributed by atoms with Crippen LogP contribution in [0.4, 0.5) is 11.4 Å². The Morgan fingerprint density at radius 1 is 1.24 bits per heavy atom. The number of anilines is 2. The molecule has 21 heavy (non-hydrogen) atoms. The van der Waals surface area contributed by atoms with Crippen molar-refractivity contribution < 1.29 is 4.79 Å². The highest BCUT2D eigenvalue weighted by Crippen LogP contribution is 2.35. The van der Waals surface area contributed by atoms with Gasteiger partial charge in [-0.15, -0.1) is 0 Å². The van der Waals surface area contributed by atoms with Crippen LogP contribution in [0, 0.1) is 0 Å². The first-order valence-electron chi connectivity index (χ1n) is 5.70. The van der Waals surface area contributed by atoms with Gasteiger partial charge in [-0.25, -0.2) is 0 Å². The summed E-state index contributed by atoms with van der Waals surface area (Å²) in [6.07, 6.45) is 0. The molecule has 1 aliphatic rings. The molecule has 0 spiro atoms. The number of hydrogen-bond acceptors (Lipinski definition) is 4. The maximum absolute atomic E-state index is 11.6. The highest BCUT2D eigenvalue weighted by atomic mass is 35.6. The second kappa shape index (κ2) is 6.67. The number of carbonyl (C=O) groups is 1. The standard InChI is InChI=1S/C11H9Cl5N4O/c12-6-3-5(19-9(21)11(14,15)16)4-7(13)8(6)20-10-17-1-2-18-10/h3-4H,1-2H2,(H,19,21)(H2,17,18,20). The maximum atomic E-state index is 11.6. The molecule has 1 heterocycles. The Bertz CT molecular complexity index is 576. The second-order valence-electron chi connectivity index (χ2n) is 4.05. The van der Waals surface area contributed by atoms with E-state index in [2.05, 4.69) is 20.9 Å². The van der Waals surface area contributed by atoms with Crippen LogP contribution in [0.2, 0.25) is 10.0 Å². The number of nitrogens with zero attached hydrogens (tertiary/aromatic N) is 1. The van der Waals surface area contributed by atoms with E-state index < -0.39 is 9.70 Å². The minimum absolute atomic E-state index is 0.290. The predicted octanol–water partition coefficient (Wildman–Crippen LogP) is 3.67. The molecule has 1 amide bonds. The summed E-state index contributed by atoms with van der Waals surface area (Å²) in [6.45, 7) is 1.42. The first-order valence-corrected chi connectivity index (χ1v) is 7.59. The van der Waals surface area contributed by atoms with Crippen molar-refractivity contribution in [1.29, 1.82) is 0 Å². The van der Waals surface area contributed by atoms with Gasteiger partial charge in [0.1, 0.15) is 0 Å². The molecule has 1 aromatic carbocycles. The van der Waals surface area contributed by atoms with Gasteiger partial charge in [0.15, 0.2) is 5.96 Å². The van der Waals surface area contributed by atoms with Gasteiger partial charge in [0.05, 0.1) is 22.3 Å². The first kappa shape index (κ1) is 16.8. The van der Waals surface area contributed by atoms with E-state index in [1.165, 1.54) is 12.1 Å². The van der Waals surface area contributed by atoms with Crippen molar-refractivity contribution >= 4 is 81.2 Å². The lowest BCUT2D eigenvalue weighted by Crippen LogP contribution is -2.27. The lowest BCUT2D eigenvalue weighted by molar-refractivity contribution is -0.115. The number of halogens is 5. The van der Waals surface area contributed by atoms with Gasteiger partial charge in [0.25, 0.3) is 9.70 Å². The quantitative estimate of drug-likeness (QED) is 0.675. The van der Waals surface area contributed by atoms with Crippen LogP contribution >= 0.6 is 58.0 Å². The minimum Gasteiger partial charge on any atom is -0.354 e. The summed E-state index contributed by atoms with van der Waals surface area (Å²) in [5, 5.41) is 8.99. The molecular weight excluding hydrogens is 381 g/mol. The van der Waals surface area contributed by atoms with Crippen LogP contribution in [-0.2, 0) is 4.79 Å². The fourth-order valence-corrected chi connectivity index (χ4v) is 2.29. The average Bonchev–Trinajstić information content (AvgIpc) is 2.85. The third-order valence-electron chi connectivity index (χ3n) is 2.48. The average molecular weight is 390 g/mol. The number of rotatable bonds is 2. The van der Waals surface area contributed by atoms with E-state index in [9.17, 15) is 4.79 Å². The second-order valence-corrected chi connectivity index (χ2v) is 7.14. The number of aliphatic imine (C=N–C) groups is 1. The molecule has 0 radical (unpaired) electrons. The molecule has 1 aliphatic heterocycles. The molecule has 0 bridgehead atoms. The number of benzene rings is 1. The van der Waals surface area contributed by atoms with Crippen LogP contribution in [-0.4, -0.2) is 28.7 Å². The summed E-state index contributed by atoms with van der Waals surface area (Å²) in [5.41, 5.74) is 0.784. The molecule has 0 saturated heterocycles. The zero-order chi connectivity index (χ0) is 15.6. The third-order valence-corrected chi connectivity index (χ3v) is 3.59. The third kappa shape index (κ3) is 4.44. The Morgan fingerprint density at radius 2 is 1.86 bits per heavy atom. The van der Waals surface area contributed by atoms with Crippen molar-refractivity contribution in [3.05, 3.63) is 22.2 Å². The molecular formula is C11H9Cl5N4O. The van der Waals surface area contributed by atoms with Gasteiger partial charge in [0, 0.05) is 12.2 Å². The van der Waals surface area contributed by atoms with Crippen molar-refractivity contribution in [3.63, 3.8) is 0 Å². The van der Waals surface area contributed by atoms with Crippen molar-refractivity contribution in [2.45, 2.75) is 3.79 Å². The molecule has 10 heteroatoms. The number of nitrogens with one attached hydrogen (secondary N) is 3. The van der Waals surface area contributed by atoms with E-state index in [4.69, 9.17) is 58.0 Å². The molecule has 0 fully saturated rings. The smallest absolute Gasteiger partial charge is 0.276 e. The first-order chi connectivity index (χ1) is 9.77. The maximum Gasteiger partial charge on any atom is 0.276 e. The molecule has 0 atom stereocenters. The highest BCUT2D eigenvalue weighted by Gasteiger charge is 2.30. The molecule has 0 aromatic heterocycles. The van der Waals surface area contributed by atoms with E-state index in [1.54, 1.807) is 0 Å². The number of guanidine groups is 1. The number of amides is 1. The van der Waals surface area contributed by atoms with E-state index in [0.717, 1.165) is 6.54 Å². The Morgan fingerprint density at radius 3 is 2.33 bits per heavy atom. The molecule has 0 aliphatic carbocycles. The molecule has 0 saturated carbocycles. The molecule has 0 unspecified atom stereocenters. The summed E-state index contributed by atoms with van der Waals surface area (Å²) in [7, 11) is 0. The summed E-state index contributed by atoms with van der Waals surface area (Å²) in [4.78, 5) is 15.8. The molecule has 114 valence electrons. The van der Waals surface area contributed by atoms with Crippen molar-refractivity contribution in [2.75, 3.05) is 23.7 Å². The number of alkyl halides is 3. The molecule has 2 rings (SSSR count). The van der Waals surface area contributed by atoms with E-state index >= 15 is 0 Å². The monoisotopic (exact) mass is 388 g/mol. The van der Waals surface area contributed by atoms with Gasteiger partial charge in [-0.2, -0.15) is 0 Å². The van der Waals surface area contributed by atoms with Gasteiger partial charge in [0.2, 0.25) is 0 Å². The van der Waals surface area contributed by atoms with Crippen molar-refractivity contribution in [2.24, 2.45) is 4.99 Å². The Balaban J connectivity index is 2.18. The summed E-state index contributed by atoms with van der Waals surface area (Å²) in [5.74, 6) is -0.223. The SMILES string of the molecule is O=C(Nc1cc(Cl)c(NC2=NCCN2)c(Cl)c1)C(Cl)(Cl)Cl. The van der Waals surface area contributed by atoms with Crippen LogP contribution in [0.15, 0.2) is 17.1 Å². The van der Waals surface area contributed by atoms with Crippen LogP contribution in [0.25, 0.3) is 0 Å². The van der Waals surface area contributed by atoms with Crippen molar-refractivity contribution in [1.82, 2.24) is 5.32 Å². The van der Waals surface area contributed by atoms with E-state index in [-0.39, 0.29) is 0 Å². The Kier molecular flexibility index (Phi) is 5.33. The largest absolute Gasteiger partial charge is 0.354 e. The lowest BCUT2D eigenvalue weighted by atomic mass is 10.2. The minimum atomic E-state index is -2.07. The van der Waals surface area contributed by atoms with Crippen molar-refractivity contribution in [3.8, 4) is 0 Å². The van der Waals surface area contributed by atoms with Crippen LogP contribution in [0.5, 0.6) is 0 Å².